The van der Waals surface area contributed by atoms with Gasteiger partial charge in [-0.2, -0.15) is 0 Å². The largest absolute Gasteiger partial charge is 0.324 e. The molecule has 120 valence electrons. The third-order valence-electron chi connectivity index (χ3n) is 3.46. The summed E-state index contributed by atoms with van der Waals surface area (Å²) in [5.41, 5.74) is 2.00. The highest BCUT2D eigenvalue weighted by Gasteiger charge is 2.22. The third kappa shape index (κ3) is 5.75. The van der Waals surface area contributed by atoms with Gasteiger partial charge >= 0.3 is 0 Å². The summed E-state index contributed by atoms with van der Waals surface area (Å²) in [6.45, 7) is 7.73. The van der Waals surface area contributed by atoms with Gasteiger partial charge < -0.3 is 10.6 Å². The van der Waals surface area contributed by atoms with Crippen molar-refractivity contribution in [1.29, 1.82) is 0 Å². The maximum Gasteiger partial charge on any atom is 0.241 e. The predicted molar refractivity (Wildman–Crippen MR) is 95.9 cm³/mol. The summed E-state index contributed by atoms with van der Waals surface area (Å²) in [4.78, 5) is 14.5. The molecule has 1 saturated heterocycles. The molecule has 0 aromatic heterocycles. The summed E-state index contributed by atoms with van der Waals surface area (Å²) in [6, 6.07) is 5.83. The first kappa shape index (κ1) is 20.7. The van der Waals surface area contributed by atoms with Crippen LogP contribution in [0.1, 0.15) is 12.5 Å². The molecule has 1 fully saturated rings. The van der Waals surface area contributed by atoms with E-state index in [1.165, 1.54) is 5.56 Å². The first-order valence-corrected chi connectivity index (χ1v) is 7.39. The van der Waals surface area contributed by atoms with Crippen molar-refractivity contribution >= 4 is 52.3 Å². The van der Waals surface area contributed by atoms with Crippen LogP contribution in [0.4, 0.5) is 5.69 Å². The molecule has 2 rings (SSSR count). The zero-order valence-electron chi connectivity index (χ0n) is 12.2. The number of carbonyl (C=O) groups excluding carboxylic acids is 1. The van der Waals surface area contributed by atoms with Gasteiger partial charge in [0.25, 0.3) is 0 Å². The van der Waals surface area contributed by atoms with Crippen LogP contribution in [0.5, 0.6) is 0 Å². The number of nitrogens with zero attached hydrogens (tertiary/aromatic N) is 1. The van der Waals surface area contributed by atoms with Crippen LogP contribution in [0.25, 0.3) is 0 Å². The second kappa shape index (κ2) is 9.64. The van der Waals surface area contributed by atoms with E-state index in [1.54, 1.807) is 0 Å². The van der Waals surface area contributed by atoms with Crippen LogP contribution in [0.15, 0.2) is 22.7 Å². The third-order valence-corrected chi connectivity index (χ3v) is 4.12. The van der Waals surface area contributed by atoms with Crippen LogP contribution >= 0.6 is 40.7 Å². The normalized spacial score (nSPS) is 16.3. The molecular formula is C14H22BrCl2N3O. The second-order valence-corrected chi connectivity index (χ2v) is 5.79. The molecule has 1 aliphatic rings. The molecule has 1 unspecified atom stereocenters. The van der Waals surface area contributed by atoms with E-state index < -0.39 is 0 Å². The number of nitrogens with one attached hydrogen (secondary N) is 2. The maximum absolute atomic E-state index is 12.3. The number of halogens is 3. The number of carbonyl (C=O) groups is 1. The van der Waals surface area contributed by atoms with Gasteiger partial charge in [0.2, 0.25) is 5.91 Å². The number of hydrogen-bond donors (Lipinski definition) is 2. The number of hydrogen-bond acceptors (Lipinski definition) is 3. The van der Waals surface area contributed by atoms with Crippen LogP contribution < -0.4 is 10.6 Å². The summed E-state index contributed by atoms with van der Waals surface area (Å²) >= 11 is 3.48. The van der Waals surface area contributed by atoms with E-state index in [0.717, 1.165) is 36.3 Å². The van der Waals surface area contributed by atoms with Crippen LogP contribution in [0.2, 0.25) is 0 Å². The molecule has 0 aliphatic carbocycles. The Morgan fingerprint density at radius 3 is 2.52 bits per heavy atom. The molecule has 21 heavy (non-hydrogen) atoms. The standard InChI is InChI=1S/C14H20BrN3O.2ClH/c1-10-3-4-13(12(15)9-10)17-14(19)11(2)18-7-5-16-6-8-18;;/h3-4,9,11,16H,5-8H2,1-2H3,(H,17,19);2*1H. The van der Waals surface area contributed by atoms with Crippen LogP contribution in [0, 0.1) is 6.92 Å². The molecule has 1 aliphatic heterocycles. The Bertz CT molecular complexity index is 468. The molecule has 0 radical (unpaired) electrons. The zero-order chi connectivity index (χ0) is 13.8. The summed E-state index contributed by atoms with van der Waals surface area (Å²) in [7, 11) is 0. The molecule has 0 spiro atoms. The number of anilines is 1. The highest BCUT2D eigenvalue weighted by molar-refractivity contribution is 9.10. The van der Waals surface area contributed by atoms with Gasteiger partial charge in [0.15, 0.2) is 0 Å². The molecule has 1 aromatic rings. The van der Waals surface area contributed by atoms with Crippen molar-refractivity contribution < 1.29 is 4.79 Å². The van der Waals surface area contributed by atoms with Crippen molar-refractivity contribution in [2.75, 3.05) is 31.5 Å². The lowest BCUT2D eigenvalue weighted by molar-refractivity contribution is -0.120. The molecule has 2 N–H and O–H groups in total. The van der Waals surface area contributed by atoms with Crippen molar-refractivity contribution in [3.8, 4) is 0 Å². The minimum absolute atomic E-state index is 0. The van der Waals surface area contributed by atoms with Gasteiger partial charge in [-0.05, 0) is 47.5 Å². The van der Waals surface area contributed by atoms with E-state index >= 15 is 0 Å². The van der Waals surface area contributed by atoms with Gasteiger partial charge in [0, 0.05) is 30.7 Å². The molecule has 0 saturated carbocycles. The zero-order valence-corrected chi connectivity index (χ0v) is 15.4. The molecule has 1 aromatic carbocycles. The molecule has 1 amide bonds. The van der Waals surface area contributed by atoms with Crippen LogP contribution in [0.3, 0.4) is 0 Å². The Labute approximate surface area is 147 Å². The lowest BCUT2D eigenvalue weighted by atomic mass is 10.2. The number of rotatable bonds is 3. The lowest BCUT2D eigenvalue weighted by Crippen LogP contribution is -2.51. The average molecular weight is 399 g/mol. The van der Waals surface area contributed by atoms with Gasteiger partial charge in [-0.3, -0.25) is 9.69 Å². The molecule has 7 heteroatoms. The summed E-state index contributed by atoms with van der Waals surface area (Å²) in [5.74, 6) is 0.0476. The van der Waals surface area contributed by atoms with Crippen molar-refractivity contribution in [1.82, 2.24) is 10.2 Å². The highest BCUT2D eigenvalue weighted by atomic mass is 79.9. The van der Waals surface area contributed by atoms with Gasteiger partial charge in [-0.15, -0.1) is 24.8 Å². The fraction of sp³-hybridized carbons (Fsp3) is 0.500. The number of benzene rings is 1. The second-order valence-electron chi connectivity index (χ2n) is 4.93. The first-order chi connectivity index (χ1) is 9.08. The smallest absolute Gasteiger partial charge is 0.241 e. The number of aryl methyl sites for hydroxylation is 1. The monoisotopic (exact) mass is 397 g/mol. The van der Waals surface area contributed by atoms with Crippen molar-refractivity contribution in [3.05, 3.63) is 28.2 Å². The Hall–Kier alpha value is -0.330. The Morgan fingerprint density at radius 2 is 1.95 bits per heavy atom. The summed E-state index contributed by atoms with van der Waals surface area (Å²) in [5, 5.41) is 6.28. The van der Waals surface area contributed by atoms with E-state index in [4.69, 9.17) is 0 Å². The van der Waals surface area contributed by atoms with Gasteiger partial charge in [-0.25, -0.2) is 0 Å². The topological polar surface area (TPSA) is 44.4 Å². The van der Waals surface area contributed by atoms with E-state index in [2.05, 4.69) is 31.5 Å². The SMILES string of the molecule is Cc1ccc(NC(=O)C(C)N2CCNCC2)c(Br)c1.Cl.Cl. The number of amides is 1. The van der Waals surface area contributed by atoms with E-state index in [0.29, 0.717) is 0 Å². The Kier molecular flexibility index (Phi) is 9.49. The number of piperazine rings is 1. The molecule has 0 bridgehead atoms. The summed E-state index contributed by atoms with van der Waals surface area (Å²) in [6.07, 6.45) is 0. The minimum atomic E-state index is -0.102. The molecular weight excluding hydrogens is 377 g/mol. The highest BCUT2D eigenvalue weighted by Crippen LogP contribution is 2.23. The fourth-order valence-corrected chi connectivity index (χ4v) is 2.79. The summed E-state index contributed by atoms with van der Waals surface area (Å²) < 4.78 is 0.924. The fourth-order valence-electron chi connectivity index (χ4n) is 2.19. The van der Waals surface area contributed by atoms with Crippen molar-refractivity contribution in [3.63, 3.8) is 0 Å². The predicted octanol–water partition coefficient (Wildman–Crippen LogP) is 2.83. The maximum atomic E-state index is 12.3. The van der Waals surface area contributed by atoms with E-state index in [9.17, 15) is 4.79 Å². The van der Waals surface area contributed by atoms with Gasteiger partial charge in [0.05, 0.1) is 11.7 Å². The Morgan fingerprint density at radius 1 is 1.33 bits per heavy atom. The minimum Gasteiger partial charge on any atom is -0.324 e. The molecule has 1 heterocycles. The van der Waals surface area contributed by atoms with Crippen LogP contribution in [-0.4, -0.2) is 43.0 Å². The molecule has 4 nitrogen and oxygen atoms in total. The average Bonchev–Trinajstić information content (AvgIpc) is 2.42. The van der Waals surface area contributed by atoms with Crippen molar-refractivity contribution in [2.24, 2.45) is 0 Å². The molecule has 1 atom stereocenters. The van der Waals surface area contributed by atoms with Crippen LogP contribution in [-0.2, 0) is 4.79 Å². The van der Waals surface area contributed by atoms with E-state index in [-0.39, 0.29) is 36.8 Å². The van der Waals surface area contributed by atoms with Crippen molar-refractivity contribution in [2.45, 2.75) is 19.9 Å². The van der Waals surface area contributed by atoms with E-state index in [1.807, 2.05) is 32.0 Å². The van der Waals surface area contributed by atoms with Gasteiger partial charge in [-0.1, -0.05) is 6.07 Å². The Balaban J connectivity index is 0.00000200. The quantitative estimate of drug-likeness (QED) is 0.822. The lowest BCUT2D eigenvalue weighted by Gasteiger charge is -2.31. The van der Waals surface area contributed by atoms with Gasteiger partial charge in [0.1, 0.15) is 0 Å². The first-order valence-electron chi connectivity index (χ1n) is 6.59.